The third-order valence-electron chi connectivity index (χ3n) is 15.9. The second kappa shape index (κ2) is 8.65. The molecule has 6 heteroatoms. The van der Waals surface area contributed by atoms with Crippen molar-refractivity contribution in [1.29, 1.82) is 0 Å². The van der Waals surface area contributed by atoms with Crippen molar-refractivity contribution < 1.29 is 24.5 Å². The molecule has 2 spiro atoms. The third-order valence-corrected chi connectivity index (χ3v) is 15.9. The lowest BCUT2D eigenvalue weighted by molar-refractivity contribution is -0.202. The van der Waals surface area contributed by atoms with Gasteiger partial charge >= 0.3 is 6.09 Å². The summed E-state index contributed by atoms with van der Waals surface area (Å²) in [4.78, 5) is 14.6. The van der Waals surface area contributed by atoms with Crippen molar-refractivity contribution in [3.05, 3.63) is 0 Å². The van der Waals surface area contributed by atoms with Crippen LogP contribution in [0.15, 0.2) is 0 Å². The van der Waals surface area contributed by atoms with E-state index in [0.717, 1.165) is 58.0 Å². The molecule has 1 amide bonds. The summed E-state index contributed by atoms with van der Waals surface area (Å²) in [6.07, 6.45) is 8.52. The number of likely N-dealkylation sites (tertiary alicyclic amines) is 1. The van der Waals surface area contributed by atoms with Crippen LogP contribution in [-0.4, -0.2) is 64.3 Å². The van der Waals surface area contributed by atoms with E-state index in [-0.39, 0.29) is 46.6 Å². The van der Waals surface area contributed by atoms with E-state index in [1.165, 1.54) is 12.8 Å². The Morgan fingerprint density at radius 2 is 1.61 bits per heavy atom. The molecular weight excluding hydrogens is 514 g/mol. The van der Waals surface area contributed by atoms with Crippen molar-refractivity contribution in [1.82, 2.24) is 4.90 Å². The SMILES string of the molecule is CC(C)[C@@H](OC(=O)N1CCC1)[C@H]1C[C@@H](C)[C@H]2[C@H](O1)[C@H](O)[C@@]1(C)[C@@H]3CC[C@H]4C(C)(C)C(C)(O)CC[C@@]45C[C@@]35CC[C@]21C. The van der Waals surface area contributed by atoms with Crippen LogP contribution in [0.4, 0.5) is 4.79 Å². The smallest absolute Gasteiger partial charge is 0.410 e. The summed E-state index contributed by atoms with van der Waals surface area (Å²) >= 11 is 0. The third kappa shape index (κ3) is 3.34. The van der Waals surface area contributed by atoms with Crippen LogP contribution in [0.1, 0.15) is 113 Å². The van der Waals surface area contributed by atoms with Gasteiger partial charge in [-0.1, -0.05) is 48.5 Å². The summed E-state index contributed by atoms with van der Waals surface area (Å²) in [7, 11) is 0. The number of carbonyl (C=O) groups is 1. The normalized spacial score (nSPS) is 55.5. The van der Waals surface area contributed by atoms with E-state index in [9.17, 15) is 15.0 Å². The highest BCUT2D eigenvalue weighted by atomic mass is 16.6. The Morgan fingerprint density at radius 1 is 0.976 bits per heavy atom. The molecule has 0 aromatic carbocycles. The van der Waals surface area contributed by atoms with Crippen molar-refractivity contribution in [3.8, 4) is 0 Å². The molecule has 5 saturated carbocycles. The van der Waals surface area contributed by atoms with Gasteiger partial charge in [-0.2, -0.15) is 0 Å². The van der Waals surface area contributed by atoms with Crippen LogP contribution in [-0.2, 0) is 9.47 Å². The zero-order chi connectivity index (χ0) is 29.5. The molecule has 2 heterocycles. The summed E-state index contributed by atoms with van der Waals surface area (Å²) < 4.78 is 13.1. The van der Waals surface area contributed by atoms with Gasteiger partial charge in [-0.3, -0.25) is 0 Å². The fourth-order valence-electron chi connectivity index (χ4n) is 13.0. The number of ether oxygens (including phenoxy) is 2. The van der Waals surface area contributed by atoms with Gasteiger partial charge in [0.05, 0.1) is 23.9 Å². The number of nitrogens with zero attached hydrogens (tertiary/aromatic N) is 1. The molecule has 2 aliphatic heterocycles. The van der Waals surface area contributed by atoms with Crippen molar-refractivity contribution in [2.24, 2.45) is 56.7 Å². The molecule has 5 aliphatic carbocycles. The highest BCUT2D eigenvalue weighted by molar-refractivity contribution is 5.68. The number of aliphatic hydroxyl groups is 2. The molecule has 13 atom stereocenters. The summed E-state index contributed by atoms with van der Waals surface area (Å²) in [5.74, 6) is 1.90. The zero-order valence-electron chi connectivity index (χ0n) is 27.0. The number of aliphatic hydroxyl groups excluding tert-OH is 1. The Bertz CT molecular complexity index is 1100. The summed E-state index contributed by atoms with van der Waals surface area (Å²) in [6.45, 7) is 19.9. The molecule has 7 aliphatic rings. The maximum absolute atomic E-state index is 12.8. The molecule has 2 N–H and O–H groups in total. The van der Waals surface area contributed by atoms with Crippen LogP contribution in [0.3, 0.4) is 0 Å². The van der Waals surface area contributed by atoms with Gasteiger partial charge in [0.15, 0.2) is 0 Å². The van der Waals surface area contributed by atoms with Crippen LogP contribution in [0.5, 0.6) is 0 Å². The fourth-order valence-corrected chi connectivity index (χ4v) is 13.0. The fraction of sp³-hybridized carbons (Fsp3) is 0.971. The first-order valence-electron chi connectivity index (χ1n) is 17.1. The molecule has 6 nitrogen and oxygen atoms in total. The summed E-state index contributed by atoms with van der Waals surface area (Å²) in [5, 5.41) is 23.9. The predicted octanol–water partition coefficient (Wildman–Crippen LogP) is 6.42. The molecule has 0 aromatic heterocycles. The van der Waals surface area contributed by atoms with E-state index in [4.69, 9.17) is 9.47 Å². The lowest BCUT2D eigenvalue weighted by atomic mass is 9.40. The number of fused-ring (bicyclic) bond motifs is 4. The topological polar surface area (TPSA) is 79.2 Å². The minimum atomic E-state index is -0.612. The van der Waals surface area contributed by atoms with E-state index in [1.807, 2.05) is 0 Å². The predicted molar refractivity (Wildman–Crippen MR) is 158 cm³/mol. The van der Waals surface area contributed by atoms with Crippen LogP contribution in [0, 0.1) is 56.7 Å². The molecule has 232 valence electrons. The molecule has 41 heavy (non-hydrogen) atoms. The molecule has 0 bridgehead atoms. The van der Waals surface area contributed by atoms with E-state index in [1.54, 1.807) is 4.90 Å². The molecule has 1 unspecified atom stereocenters. The van der Waals surface area contributed by atoms with Gasteiger partial charge in [0.1, 0.15) is 6.10 Å². The first-order valence-corrected chi connectivity index (χ1v) is 17.1. The van der Waals surface area contributed by atoms with E-state index >= 15 is 0 Å². The Balaban J connectivity index is 1.18. The van der Waals surface area contributed by atoms with Gasteiger partial charge in [0.25, 0.3) is 0 Å². The maximum atomic E-state index is 12.8. The number of rotatable bonds is 3. The van der Waals surface area contributed by atoms with E-state index in [2.05, 4.69) is 55.4 Å². The molecule has 0 aromatic rings. The zero-order valence-corrected chi connectivity index (χ0v) is 27.0. The van der Waals surface area contributed by atoms with Crippen molar-refractivity contribution >= 4 is 6.09 Å². The van der Waals surface area contributed by atoms with Crippen LogP contribution >= 0.6 is 0 Å². The molecular formula is C35H57NO5. The molecule has 2 saturated heterocycles. The minimum Gasteiger partial charge on any atom is -0.443 e. The second-order valence-corrected chi connectivity index (χ2v) is 17.6. The lowest BCUT2D eigenvalue weighted by Crippen LogP contribution is -2.61. The Morgan fingerprint density at radius 3 is 2.24 bits per heavy atom. The van der Waals surface area contributed by atoms with Crippen LogP contribution in [0.25, 0.3) is 0 Å². The largest absolute Gasteiger partial charge is 0.443 e. The second-order valence-electron chi connectivity index (χ2n) is 17.6. The van der Waals surface area contributed by atoms with Crippen LogP contribution < -0.4 is 0 Å². The quantitative estimate of drug-likeness (QED) is 0.409. The van der Waals surface area contributed by atoms with Gasteiger partial charge in [-0.05, 0) is 116 Å². The Labute approximate surface area is 248 Å². The molecule has 7 rings (SSSR count). The Kier molecular flexibility index (Phi) is 6.10. The van der Waals surface area contributed by atoms with Crippen molar-refractivity contribution in [3.63, 3.8) is 0 Å². The monoisotopic (exact) mass is 571 g/mol. The maximum Gasteiger partial charge on any atom is 0.410 e. The average Bonchev–Trinajstić information content (AvgIpc) is 3.49. The standard InChI is InChI=1S/C35H57NO5/c1-20(2)26(41-29(38)36-16-9-17-36)22-18-21(3)25-27(40-22)28(37)33(8)24-11-10-23-30(4,5)32(7,39)13-15-34(23)19-35(24,34)14-12-31(25,33)6/h20-28,37,39H,9-19H2,1-8H3/t21-,22-,23+,24+,25+,26-,27+,28+,31-,32?,33-,34-,35+/m1/s1. The molecule has 0 radical (unpaired) electrons. The van der Waals surface area contributed by atoms with Gasteiger partial charge in [-0.25, -0.2) is 4.79 Å². The summed E-state index contributed by atoms with van der Waals surface area (Å²) in [5.41, 5.74) is -0.271. The number of hydrogen-bond donors (Lipinski definition) is 2. The van der Waals surface area contributed by atoms with Gasteiger partial charge < -0.3 is 24.6 Å². The van der Waals surface area contributed by atoms with Gasteiger partial charge in [0.2, 0.25) is 0 Å². The van der Waals surface area contributed by atoms with Crippen molar-refractivity contribution in [2.45, 2.75) is 143 Å². The summed E-state index contributed by atoms with van der Waals surface area (Å²) in [6, 6.07) is 0. The molecule has 7 fully saturated rings. The highest BCUT2D eigenvalue weighted by Crippen LogP contribution is 2.89. The van der Waals surface area contributed by atoms with E-state index in [0.29, 0.717) is 34.5 Å². The first-order chi connectivity index (χ1) is 19.1. The van der Waals surface area contributed by atoms with Gasteiger partial charge in [-0.15, -0.1) is 0 Å². The van der Waals surface area contributed by atoms with Gasteiger partial charge in [0, 0.05) is 18.5 Å². The van der Waals surface area contributed by atoms with Crippen LogP contribution in [0.2, 0.25) is 0 Å². The number of hydrogen-bond acceptors (Lipinski definition) is 5. The lowest BCUT2D eigenvalue weighted by Gasteiger charge is -2.64. The van der Waals surface area contributed by atoms with E-state index < -0.39 is 11.7 Å². The Hall–Kier alpha value is -0.850. The average molecular weight is 572 g/mol. The van der Waals surface area contributed by atoms with Crippen molar-refractivity contribution in [2.75, 3.05) is 13.1 Å². The first kappa shape index (κ1) is 28.9. The number of amides is 1. The number of carbonyl (C=O) groups excluding carboxylic acids is 1. The highest BCUT2D eigenvalue weighted by Gasteiger charge is 2.85. The minimum absolute atomic E-state index is 0.0192.